The first-order chi connectivity index (χ1) is 14.5. The Kier molecular flexibility index (Phi) is 5.12. The van der Waals surface area contributed by atoms with Gasteiger partial charge in [-0.1, -0.05) is 41.9 Å². The molecule has 0 aromatic heterocycles. The van der Waals surface area contributed by atoms with Gasteiger partial charge in [0.2, 0.25) is 5.91 Å². The smallest absolute Gasteiger partial charge is 0.238 e. The summed E-state index contributed by atoms with van der Waals surface area (Å²) < 4.78 is 0. The number of benzene rings is 2. The quantitative estimate of drug-likeness (QED) is 0.723. The molecule has 2 aromatic rings. The second kappa shape index (κ2) is 7.67. The fourth-order valence-electron chi connectivity index (χ4n) is 5.41. The number of hydrogen-bond donors (Lipinski definition) is 0. The number of piperazine rings is 1. The molecular weight excluding hydrogens is 394 g/mol. The van der Waals surface area contributed by atoms with Crippen LogP contribution in [0.2, 0.25) is 5.02 Å². The van der Waals surface area contributed by atoms with Gasteiger partial charge in [-0.25, -0.2) is 0 Å². The number of nitrogens with zero attached hydrogens (tertiary/aromatic N) is 3. The normalized spacial score (nSPS) is 26.6. The van der Waals surface area contributed by atoms with E-state index in [0.29, 0.717) is 6.04 Å². The molecule has 0 N–H and O–H groups in total. The van der Waals surface area contributed by atoms with Gasteiger partial charge in [-0.3, -0.25) is 14.6 Å². The second-order valence-electron chi connectivity index (χ2n) is 9.22. The molecule has 2 heterocycles. The Labute approximate surface area is 184 Å². The van der Waals surface area contributed by atoms with Gasteiger partial charge in [-0.15, -0.1) is 0 Å². The third kappa shape index (κ3) is 3.26. The zero-order valence-electron chi connectivity index (χ0n) is 17.9. The first-order valence-corrected chi connectivity index (χ1v) is 11.5. The Morgan fingerprint density at radius 1 is 1.00 bits per heavy atom. The number of hydrogen-bond acceptors (Lipinski definition) is 3. The summed E-state index contributed by atoms with van der Waals surface area (Å²) in [5.41, 5.74) is 3.16. The Balaban J connectivity index is 1.32. The summed E-state index contributed by atoms with van der Waals surface area (Å²) in [7, 11) is 0. The van der Waals surface area contributed by atoms with Crippen LogP contribution in [0.15, 0.2) is 48.5 Å². The number of halogens is 1. The van der Waals surface area contributed by atoms with Gasteiger partial charge in [-0.05, 0) is 49.6 Å². The lowest BCUT2D eigenvalue weighted by Gasteiger charge is -2.37. The molecule has 30 heavy (non-hydrogen) atoms. The topological polar surface area (TPSA) is 26.8 Å². The molecule has 2 aromatic carbocycles. The number of carbonyl (C=O) groups excluding carboxylic acids is 1. The summed E-state index contributed by atoms with van der Waals surface area (Å²) in [6.45, 7) is 10.6. The van der Waals surface area contributed by atoms with Crippen LogP contribution < -0.4 is 4.90 Å². The standard InChI is InChI=1S/C25H30ClN3O/c1-18(2)28-14-11-27(12-15-28)13-16-29-23-6-4-3-5-21(23)25(24(29)30)17-22(25)19-7-9-20(26)10-8-19/h3-10,18,22H,11-17H2,1-2H3/t22-,25-/m1/s1. The van der Waals surface area contributed by atoms with Crippen LogP contribution in [0.5, 0.6) is 0 Å². The van der Waals surface area contributed by atoms with Crippen molar-refractivity contribution in [3.63, 3.8) is 0 Å². The van der Waals surface area contributed by atoms with Crippen molar-refractivity contribution in [1.29, 1.82) is 0 Å². The molecule has 0 unspecified atom stereocenters. The largest absolute Gasteiger partial charge is 0.310 e. The van der Waals surface area contributed by atoms with Crippen molar-refractivity contribution < 1.29 is 4.79 Å². The third-order valence-corrected chi connectivity index (χ3v) is 7.56. The van der Waals surface area contributed by atoms with E-state index in [1.54, 1.807) is 0 Å². The summed E-state index contributed by atoms with van der Waals surface area (Å²) in [6, 6.07) is 17.0. The van der Waals surface area contributed by atoms with Crippen LogP contribution in [0.3, 0.4) is 0 Å². The highest BCUT2D eigenvalue weighted by atomic mass is 35.5. The molecule has 2 atom stereocenters. The molecule has 5 heteroatoms. The van der Waals surface area contributed by atoms with E-state index in [4.69, 9.17) is 11.6 Å². The van der Waals surface area contributed by atoms with Gasteiger partial charge in [0, 0.05) is 61.9 Å². The number of fused-ring (bicyclic) bond motifs is 2. The highest BCUT2D eigenvalue weighted by Crippen LogP contribution is 2.66. The number of rotatable bonds is 5. The summed E-state index contributed by atoms with van der Waals surface area (Å²) in [6.07, 6.45) is 0.897. The van der Waals surface area contributed by atoms with Crippen molar-refractivity contribution in [2.75, 3.05) is 44.2 Å². The van der Waals surface area contributed by atoms with Crippen LogP contribution in [0.4, 0.5) is 5.69 Å². The predicted molar refractivity (Wildman–Crippen MR) is 122 cm³/mol. The van der Waals surface area contributed by atoms with Gasteiger partial charge in [-0.2, -0.15) is 0 Å². The van der Waals surface area contributed by atoms with E-state index in [0.717, 1.165) is 56.4 Å². The highest BCUT2D eigenvalue weighted by molar-refractivity contribution is 6.30. The monoisotopic (exact) mass is 423 g/mol. The number of para-hydroxylation sites is 1. The SMILES string of the molecule is CC(C)N1CCN(CCN2C(=O)[C@]3(C[C@@H]3c3ccc(Cl)cc3)c3ccccc32)CC1. The molecule has 1 aliphatic carbocycles. The summed E-state index contributed by atoms with van der Waals surface area (Å²) >= 11 is 6.08. The van der Waals surface area contributed by atoms with Crippen molar-refractivity contribution in [3.05, 3.63) is 64.7 Å². The molecular formula is C25H30ClN3O. The van der Waals surface area contributed by atoms with Crippen molar-refractivity contribution in [3.8, 4) is 0 Å². The lowest BCUT2D eigenvalue weighted by Crippen LogP contribution is -2.50. The van der Waals surface area contributed by atoms with Crippen LogP contribution in [0.25, 0.3) is 0 Å². The first-order valence-electron chi connectivity index (χ1n) is 11.1. The summed E-state index contributed by atoms with van der Waals surface area (Å²) in [4.78, 5) is 20.8. The molecule has 5 rings (SSSR count). The average Bonchev–Trinajstić information content (AvgIpc) is 3.46. The van der Waals surface area contributed by atoms with Crippen molar-refractivity contribution in [2.24, 2.45) is 0 Å². The fourth-order valence-corrected chi connectivity index (χ4v) is 5.54. The Bertz CT molecular complexity index is 936. The fraction of sp³-hybridized carbons (Fsp3) is 0.480. The average molecular weight is 424 g/mol. The minimum Gasteiger partial charge on any atom is -0.310 e. The van der Waals surface area contributed by atoms with Gasteiger partial charge in [0.05, 0.1) is 5.41 Å². The summed E-state index contributed by atoms with van der Waals surface area (Å²) in [5.74, 6) is 0.535. The van der Waals surface area contributed by atoms with E-state index in [2.05, 4.69) is 64.9 Å². The van der Waals surface area contributed by atoms with Gasteiger partial charge in [0.25, 0.3) is 0 Å². The van der Waals surface area contributed by atoms with E-state index in [1.807, 2.05) is 12.1 Å². The Morgan fingerprint density at radius 2 is 1.70 bits per heavy atom. The van der Waals surface area contributed by atoms with Crippen LogP contribution in [-0.4, -0.2) is 61.0 Å². The maximum absolute atomic E-state index is 13.7. The summed E-state index contributed by atoms with van der Waals surface area (Å²) in [5, 5.41) is 0.741. The lowest BCUT2D eigenvalue weighted by molar-refractivity contribution is -0.120. The van der Waals surface area contributed by atoms with E-state index < -0.39 is 0 Å². The maximum Gasteiger partial charge on any atom is 0.238 e. The van der Waals surface area contributed by atoms with Crippen LogP contribution in [0.1, 0.15) is 37.3 Å². The molecule has 158 valence electrons. The number of amides is 1. The molecule has 1 spiro atoms. The molecule has 0 radical (unpaired) electrons. The van der Waals surface area contributed by atoms with Gasteiger partial charge >= 0.3 is 0 Å². The maximum atomic E-state index is 13.7. The molecule has 1 saturated heterocycles. The van der Waals surface area contributed by atoms with E-state index in [1.165, 1.54) is 11.1 Å². The van der Waals surface area contributed by atoms with Gasteiger partial charge in [0.1, 0.15) is 0 Å². The van der Waals surface area contributed by atoms with Crippen LogP contribution >= 0.6 is 11.6 Å². The van der Waals surface area contributed by atoms with Gasteiger partial charge in [0.15, 0.2) is 0 Å². The number of anilines is 1. The lowest BCUT2D eigenvalue weighted by atomic mass is 9.92. The van der Waals surface area contributed by atoms with Crippen LogP contribution in [-0.2, 0) is 10.2 Å². The van der Waals surface area contributed by atoms with Crippen molar-refractivity contribution in [1.82, 2.24) is 9.80 Å². The highest BCUT2D eigenvalue weighted by Gasteiger charge is 2.66. The molecule has 1 amide bonds. The predicted octanol–water partition coefficient (Wildman–Crippen LogP) is 4.14. The second-order valence-corrected chi connectivity index (χ2v) is 9.66. The van der Waals surface area contributed by atoms with E-state index >= 15 is 0 Å². The Morgan fingerprint density at radius 3 is 2.40 bits per heavy atom. The van der Waals surface area contributed by atoms with Crippen molar-refractivity contribution >= 4 is 23.2 Å². The third-order valence-electron chi connectivity index (χ3n) is 7.31. The first kappa shape index (κ1) is 20.0. The minimum absolute atomic E-state index is 0.253. The molecule has 0 bridgehead atoms. The molecule has 4 nitrogen and oxygen atoms in total. The zero-order valence-corrected chi connectivity index (χ0v) is 18.6. The zero-order chi connectivity index (χ0) is 20.9. The molecule has 2 aliphatic heterocycles. The number of carbonyl (C=O) groups is 1. The molecule has 2 fully saturated rings. The van der Waals surface area contributed by atoms with Gasteiger partial charge < -0.3 is 4.90 Å². The Hall–Kier alpha value is -1.88. The molecule has 3 aliphatic rings. The van der Waals surface area contributed by atoms with Crippen molar-refractivity contribution in [2.45, 2.75) is 37.6 Å². The minimum atomic E-state index is -0.374. The van der Waals surface area contributed by atoms with Crippen LogP contribution in [0, 0.1) is 0 Å². The van der Waals surface area contributed by atoms with E-state index in [9.17, 15) is 4.79 Å². The molecule has 1 saturated carbocycles. The van der Waals surface area contributed by atoms with E-state index in [-0.39, 0.29) is 17.2 Å².